The van der Waals surface area contributed by atoms with Crippen LogP contribution >= 0.6 is 15.9 Å². The van der Waals surface area contributed by atoms with Gasteiger partial charge in [-0.1, -0.05) is 22.0 Å². The number of nitrogens with one attached hydrogen (secondary N) is 2. The SMILES string of the molecule is Cc1cc(C(=O)Nc2cccc(Br)c2)nc(NCCN(C)C)n1. The van der Waals surface area contributed by atoms with Gasteiger partial charge in [0, 0.05) is 28.9 Å². The van der Waals surface area contributed by atoms with Crippen molar-refractivity contribution in [2.24, 2.45) is 0 Å². The molecule has 0 saturated heterocycles. The zero-order chi connectivity index (χ0) is 16.8. The third-order valence-corrected chi connectivity index (χ3v) is 3.50. The van der Waals surface area contributed by atoms with Crippen molar-refractivity contribution in [3.8, 4) is 0 Å². The van der Waals surface area contributed by atoms with Crippen LogP contribution < -0.4 is 10.6 Å². The van der Waals surface area contributed by atoms with E-state index in [2.05, 4.69) is 41.4 Å². The standard InChI is InChI=1S/C16H20BrN5O/c1-11-9-14(21-16(19-11)18-7-8-22(2)3)15(23)20-13-6-4-5-12(17)10-13/h4-6,9-10H,7-8H2,1-3H3,(H,20,23)(H,18,19,21). The number of aryl methyl sites for hydroxylation is 1. The lowest BCUT2D eigenvalue weighted by Gasteiger charge is -2.11. The Morgan fingerprint density at radius 1 is 1.26 bits per heavy atom. The number of likely N-dealkylation sites (N-methyl/N-ethyl adjacent to an activating group) is 1. The number of hydrogen-bond donors (Lipinski definition) is 2. The molecule has 2 aromatic rings. The number of amides is 1. The molecule has 0 saturated carbocycles. The molecular weight excluding hydrogens is 358 g/mol. The van der Waals surface area contributed by atoms with Crippen molar-refractivity contribution < 1.29 is 4.79 Å². The average Bonchev–Trinajstić information content (AvgIpc) is 2.46. The molecule has 0 bridgehead atoms. The summed E-state index contributed by atoms with van der Waals surface area (Å²) in [6.07, 6.45) is 0. The summed E-state index contributed by atoms with van der Waals surface area (Å²) in [5.74, 6) is 0.204. The largest absolute Gasteiger partial charge is 0.353 e. The summed E-state index contributed by atoms with van der Waals surface area (Å²) in [5, 5.41) is 5.97. The minimum Gasteiger partial charge on any atom is -0.353 e. The van der Waals surface area contributed by atoms with E-state index in [1.165, 1.54) is 0 Å². The highest BCUT2D eigenvalue weighted by molar-refractivity contribution is 9.10. The van der Waals surface area contributed by atoms with Gasteiger partial charge in [-0.2, -0.15) is 0 Å². The van der Waals surface area contributed by atoms with Crippen LogP contribution in [-0.4, -0.2) is 48.0 Å². The lowest BCUT2D eigenvalue weighted by molar-refractivity contribution is 0.102. The summed E-state index contributed by atoms with van der Waals surface area (Å²) >= 11 is 3.38. The van der Waals surface area contributed by atoms with E-state index in [0.717, 1.165) is 16.7 Å². The number of halogens is 1. The summed E-state index contributed by atoms with van der Waals surface area (Å²) in [4.78, 5) is 23.0. The Labute approximate surface area is 144 Å². The van der Waals surface area contributed by atoms with E-state index in [1.807, 2.05) is 45.3 Å². The predicted molar refractivity (Wildman–Crippen MR) is 95.9 cm³/mol. The van der Waals surface area contributed by atoms with Gasteiger partial charge in [-0.15, -0.1) is 0 Å². The zero-order valence-corrected chi connectivity index (χ0v) is 15.0. The number of benzene rings is 1. The van der Waals surface area contributed by atoms with E-state index >= 15 is 0 Å². The molecule has 7 heteroatoms. The molecule has 0 unspecified atom stereocenters. The number of nitrogens with zero attached hydrogens (tertiary/aromatic N) is 3. The predicted octanol–water partition coefficient (Wildman–Crippen LogP) is 2.77. The van der Waals surface area contributed by atoms with Crippen molar-refractivity contribution in [1.82, 2.24) is 14.9 Å². The normalized spacial score (nSPS) is 10.7. The molecule has 1 aromatic heterocycles. The van der Waals surface area contributed by atoms with Crippen molar-refractivity contribution in [1.29, 1.82) is 0 Å². The quantitative estimate of drug-likeness (QED) is 0.809. The summed E-state index contributed by atoms with van der Waals surface area (Å²) in [6, 6.07) is 9.09. The zero-order valence-electron chi connectivity index (χ0n) is 13.4. The molecule has 1 amide bonds. The second-order valence-corrected chi connectivity index (χ2v) is 6.33. The molecule has 0 aliphatic carbocycles. The molecule has 23 heavy (non-hydrogen) atoms. The maximum absolute atomic E-state index is 12.4. The van der Waals surface area contributed by atoms with E-state index in [0.29, 0.717) is 23.9 Å². The first-order valence-electron chi connectivity index (χ1n) is 7.25. The molecule has 0 aliphatic rings. The molecule has 122 valence electrons. The van der Waals surface area contributed by atoms with Gasteiger partial charge in [-0.05, 0) is 45.3 Å². The van der Waals surface area contributed by atoms with Crippen LogP contribution in [0.15, 0.2) is 34.8 Å². The van der Waals surface area contributed by atoms with Gasteiger partial charge < -0.3 is 15.5 Å². The van der Waals surface area contributed by atoms with E-state index in [-0.39, 0.29) is 5.91 Å². The fraction of sp³-hybridized carbons (Fsp3) is 0.312. The van der Waals surface area contributed by atoms with E-state index in [4.69, 9.17) is 0 Å². The van der Waals surface area contributed by atoms with E-state index in [1.54, 1.807) is 6.07 Å². The summed E-state index contributed by atoms with van der Waals surface area (Å²) in [7, 11) is 3.99. The monoisotopic (exact) mass is 377 g/mol. The van der Waals surface area contributed by atoms with Gasteiger partial charge in [0.25, 0.3) is 5.91 Å². The van der Waals surface area contributed by atoms with Gasteiger partial charge in [0.2, 0.25) is 5.95 Å². The summed E-state index contributed by atoms with van der Waals surface area (Å²) in [5.41, 5.74) is 1.79. The Balaban J connectivity index is 2.09. The van der Waals surface area contributed by atoms with Crippen LogP contribution in [-0.2, 0) is 0 Å². The lowest BCUT2D eigenvalue weighted by Crippen LogP contribution is -2.22. The van der Waals surface area contributed by atoms with Crippen molar-refractivity contribution in [2.75, 3.05) is 37.8 Å². The fourth-order valence-corrected chi connectivity index (χ4v) is 2.32. The van der Waals surface area contributed by atoms with Crippen LogP contribution in [0.4, 0.5) is 11.6 Å². The number of carbonyl (C=O) groups is 1. The minimum absolute atomic E-state index is 0.260. The highest BCUT2D eigenvalue weighted by Gasteiger charge is 2.11. The first-order valence-corrected chi connectivity index (χ1v) is 8.04. The van der Waals surface area contributed by atoms with Gasteiger partial charge in [0.05, 0.1) is 0 Å². The fourth-order valence-electron chi connectivity index (χ4n) is 1.92. The third kappa shape index (κ3) is 5.61. The maximum Gasteiger partial charge on any atom is 0.274 e. The Morgan fingerprint density at radius 2 is 2.04 bits per heavy atom. The molecule has 0 atom stereocenters. The van der Waals surface area contributed by atoms with Crippen LogP contribution in [0, 0.1) is 6.92 Å². The van der Waals surface area contributed by atoms with Crippen molar-refractivity contribution in [2.45, 2.75) is 6.92 Å². The molecule has 1 heterocycles. The molecule has 1 aromatic carbocycles. The maximum atomic E-state index is 12.4. The van der Waals surface area contributed by atoms with Gasteiger partial charge in [0.1, 0.15) is 5.69 Å². The van der Waals surface area contributed by atoms with Crippen LogP contribution in [0.2, 0.25) is 0 Å². The molecule has 0 spiro atoms. The molecule has 6 nitrogen and oxygen atoms in total. The highest BCUT2D eigenvalue weighted by atomic mass is 79.9. The number of aromatic nitrogens is 2. The van der Waals surface area contributed by atoms with E-state index in [9.17, 15) is 4.79 Å². The van der Waals surface area contributed by atoms with Crippen LogP contribution in [0.5, 0.6) is 0 Å². The van der Waals surface area contributed by atoms with Gasteiger partial charge >= 0.3 is 0 Å². The first kappa shape index (κ1) is 17.4. The average molecular weight is 378 g/mol. The van der Waals surface area contributed by atoms with Crippen LogP contribution in [0.3, 0.4) is 0 Å². The van der Waals surface area contributed by atoms with E-state index < -0.39 is 0 Å². The van der Waals surface area contributed by atoms with Crippen molar-refractivity contribution in [3.63, 3.8) is 0 Å². The first-order chi connectivity index (χ1) is 10.9. The van der Waals surface area contributed by atoms with Gasteiger partial charge in [-0.25, -0.2) is 9.97 Å². The molecular formula is C16H20BrN5O. The summed E-state index contributed by atoms with van der Waals surface area (Å²) in [6.45, 7) is 3.41. The second kappa shape index (κ2) is 8.03. The third-order valence-electron chi connectivity index (χ3n) is 3.01. The number of anilines is 2. The summed E-state index contributed by atoms with van der Waals surface area (Å²) < 4.78 is 0.903. The number of rotatable bonds is 6. The van der Waals surface area contributed by atoms with Crippen molar-refractivity contribution in [3.05, 3.63) is 46.2 Å². The Kier molecular flexibility index (Phi) is 6.06. The molecule has 2 rings (SSSR count). The van der Waals surface area contributed by atoms with Crippen molar-refractivity contribution >= 4 is 33.5 Å². The molecule has 2 N–H and O–H groups in total. The Hall–Kier alpha value is -1.99. The van der Waals surface area contributed by atoms with Gasteiger partial charge in [0.15, 0.2) is 0 Å². The second-order valence-electron chi connectivity index (χ2n) is 5.41. The topological polar surface area (TPSA) is 70.2 Å². The number of carbonyl (C=O) groups excluding carboxylic acids is 1. The highest BCUT2D eigenvalue weighted by Crippen LogP contribution is 2.16. The Morgan fingerprint density at radius 3 is 2.74 bits per heavy atom. The van der Waals surface area contributed by atoms with Gasteiger partial charge in [-0.3, -0.25) is 4.79 Å². The minimum atomic E-state index is -0.260. The molecule has 0 aliphatic heterocycles. The lowest BCUT2D eigenvalue weighted by atomic mass is 10.3. The van der Waals surface area contributed by atoms with Crippen LogP contribution in [0.1, 0.15) is 16.2 Å². The Bertz CT molecular complexity index is 690. The number of hydrogen-bond acceptors (Lipinski definition) is 5. The van der Waals surface area contributed by atoms with Crippen LogP contribution in [0.25, 0.3) is 0 Å². The molecule has 0 radical (unpaired) electrons. The molecule has 0 fully saturated rings. The smallest absolute Gasteiger partial charge is 0.274 e.